The second-order valence-corrected chi connectivity index (χ2v) is 5.19. The highest BCUT2D eigenvalue weighted by Gasteiger charge is 2.39. The maximum atomic E-state index is 12.4. The summed E-state index contributed by atoms with van der Waals surface area (Å²) in [5.41, 5.74) is 1.65. The average molecular weight is 313 g/mol. The van der Waals surface area contributed by atoms with Crippen molar-refractivity contribution in [1.29, 1.82) is 5.26 Å². The second-order valence-electron chi connectivity index (χ2n) is 4.76. The monoisotopic (exact) mass is 313 g/mol. The summed E-state index contributed by atoms with van der Waals surface area (Å²) < 4.78 is 5.17. The predicted molar refractivity (Wildman–Crippen MR) is 86.4 cm³/mol. The molecular formula is C16H15N3O2S. The van der Waals surface area contributed by atoms with Crippen LogP contribution in [0.15, 0.2) is 52.8 Å². The van der Waals surface area contributed by atoms with E-state index in [9.17, 15) is 10.1 Å². The molecule has 5 nitrogen and oxygen atoms in total. The summed E-state index contributed by atoms with van der Waals surface area (Å²) >= 11 is 4.27. The molecule has 0 bridgehead atoms. The molecule has 2 heterocycles. The lowest BCUT2D eigenvalue weighted by molar-refractivity contribution is -0.145. The van der Waals surface area contributed by atoms with Crippen molar-refractivity contribution < 1.29 is 9.53 Å². The number of allylic oxidation sites excluding steroid dienone is 1. The first kappa shape index (κ1) is 16.0. The van der Waals surface area contributed by atoms with Crippen LogP contribution in [0.5, 0.6) is 0 Å². The van der Waals surface area contributed by atoms with Crippen molar-refractivity contribution in [1.82, 2.24) is 4.98 Å². The van der Waals surface area contributed by atoms with E-state index < -0.39 is 17.8 Å². The van der Waals surface area contributed by atoms with Gasteiger partial charge in [0.25, 0.3) is 0 Å². The zero-order valence-corrected chi connectivity index (χ0v) is 13.0. The molecule has 0 spiro atoms. The number of hydrogen-bond acceptors (Lipinski definition) is 6. The average Bonchev–Trinajstić information content (AvgIpc) is 2.52. The van der Waals surface area contributed by atoms with Crippen LogP contribution >= 0.6 is 12.6 Å². The number of carbonyl (C=O) groups is 1. The number of nitrogens with zero attached hydrogens (tertiary/aromatic N) is 3. The van der Waals surface area contributed by atoms with E-state index in [1.54, 1.807) is 25.4 Å². The summed E-state index contributed by atoms with van der Waals surface area (Å²) in [5.74, 6) is -1.61. The number of nitriles is 1. The van der Waals surface area contributed by atoms with Gasteiger partial charge in [-0.15, -0.1) is 12.6 Å². The number of esters is 1. The number of ether oxygens (including phenoxy) is 1. The van der Waals surface area contributed by atoms with Gasteiger partial charge >= 0.3 is 5.97 Å². The fourth-order valence-electron chi connectivity index (χ4n) is 2.42. The van der Waals surface area contributed by atoms with E-state index in [-0.39, 0.29) is 6.61 Å². The van der Waals surface area contributed by atoms with Crippen LogP contribution in [0.3, 0.4) is 0 Å². The van der Waals surface area contributed by atoms with Gasteiger partial charge in [0.1, 0.15) is 17.6 Å². The normalized spacial score (nSPS) is 20.9. The van der Waals surface area contributed by atoms with Crippen LogP contribution in [0.25, 0.3) is 0 Å². The lowest BCUT2D eigenvalue weighted by Crippen LogP contribution is -2.34. The Morgan fingerprint density at radius 2 is 2.41 bits per heavy atom. The Kier molecular flexibility index (Phi) is 5.12. The van der Waals surface area contributed by atoms with Crippen molar-refractivity contribution >= 4 is 24.3 Å². The number of aliphatic imine (C=N–C) groups is 1. The van der Waals surface area contributed by atoms with Crippen molar-refractivity contribution in [2.24, 2.45) is 10.9 Å². The van der Waals surface area contributed by atoms with Gasteiger partial charge in [0.15, 0.2) is 0 Å². The number of rotatable bonds is 4. The van der Waals surface area contributed by atoms with Crippen LogP contribution in [0.1, 0.15) is 18.4 Å². The van der Waals surface area contributed by atoms with Crippen LogP contribution in [0, 0.1) is 17.2 Å². The van der Waals surface area contributed by atoms with Crippen molar-refractivity contribution in [2.45, 2.75) is 12.8 Å². The van der Waals surface area contributed by atoms with Crippen molar-refractivity contribution in [3.8, 4) is 6.07 Å². The molecule has 1 aromatic rings. The van der Waals surface area contributed by atoms with E-state index in [0.29, 0.717) is 16.3 Å². The molecule has 1 aliphatic heterocycles. The molecule has 0 N–H and O–H groups in total. The van der Waals surface area contributed by atoms with Gasteiger partial charge in [0.2, 0.25) is 0 Å². The highest BCUT2D eigenvalue weighted by Crippen LogP contribution is 2.39. The van der Waals surface area contributed by atoms with E-state index >= 15 is 0 Å². The van der Waals surface area contributed by atoms with E-state index in [0.717, 1.165) is 5.56 Å². The summed E-state index contributed by atoms with van der Waals surface area (Å²) in [7, 11) is 0. The van der Waals surface area contributed by atoms with Crippen LogP contribution in [0.4, 0.5) is 0 Å². The Labute approximate surface area is 134 Å². The molecule has 1 aliphatic rings. The minimum Gasteiger partial charge on any atom is -0.461 e. The maximum absolute atomic E-state index is 12.4. The van der Waals surface area contributed by atoms with Gasteiger partial charge in [0.05, 0.1) is 11.6 Å². The summed E-state index contributed by atoms with van der Waals surface area (Å²) in [6, 6.07) is 5.69. The molecule has 6 heteroatoms. The van der Waals surface area contributed by atoms with Crippen LogP contribution in [-0.4, -0.2) is 23.3 Å². The Morgan fingerprint density at radius 3 is 3.00 bits per heavy atom. The lowest BCUT2D eigenvalue weighted by Gasteiger charge is -2.29. The molecule has 0 radical (unpaired) electrons. The first-order chi connectivity index (χ1) is 10.6. The van der Waals surface area contributed by atoms with Gasteiger partial charge in [-0.2, -0.15) is 5.26 Å². The fraction of sp³-hybridized carbons (Fsp3) is 0.250. The Hall–Kier alpha value is -2.39. The quantitative estimate of drug-likeness (QED) is 0.527. The van der Waals surface area contributed by atoms with Gasteiger partial charge in [0, 0.05) is 24.0 Å². The second kappa shape index (κ2) is 7.05. The zero-order chi connectivity index (χ0) is 16.1. The highest BCUT2D eigenvalue weighted by molar-refractivity contribution is 7.84. The van der Waals surface area contributed by atoms with E-state index in [1.807, 2.05) is 6.07 Å². The molecule has 2 atom stereocenters. The molecule has 0 saturated heterocycles. The molecule has 0 amide bonds. The Morgan fingerprint density at radius 1 is 1.64 bits per heavy atom. The number of thiol groups is 1. The molecule has 112 valence electrons. The van der Waals surface area contributed by atoms with E-state index in [4.69, 9.17) is 4.74 Å². The van der Waals surface area contributed by atoms with Gasteiger partial charge < -0.3 is 4.74 Å². The SMILES string of the molecule is C=CCOC(=O)C1C(C)=NC(S)=C(C#N)[C@H]1c1cccnc1. The topological polar surface area (TPSA) is 75.3 Å². The lowest BCUT2D eigenvalue weighted by atomic mass is 9.78. The van der Waals surface area contributed by atoms with Gasteiger partial charge in [-0.25, -0.2) is 4.99 Å². The summed E-state index contributed by atoms with van der Waals surface area (Å²) in [6.45, 7) is 5.37. The third-order valence-electron chi connectivity index (χ3n) is 3.38. The smallest absolute Gasteiger partial charge is 0.315 e. The predicted octanol–water partition coefficient (Wildman–Crippen LogP) is 2.65. The van der Waals surface area contributed by atoms with Gasteiger partial charge in [-0.05, 0) is 18.6 Å². The molecular weight excluding hydrogens is 298 g/mol. The number of pyridine rings is 1. The summed E-state index contributed by atoms with van der Waals surface area (Å²) in [5, 5.41) is 9.76. The molecule has 1 unspecified atom stereocenters. The Balaban J connectivity index is 2.50. The van der Waals surface area contributed by atoms with E-state index in [1.165, 1.54) is 6.08 Å². The maximum Gasteiger partial charge on any atom is 0.315 e. The molecule has 0 aromatic carbocycles. The molecule has 0 fully saturated rings. The largest absolute Gasteiger partial charge is 0.461 e. The van der Waals surface area contributed by atoms with Gasteiger partial charge in [-0.3, -0.25) is 9.78 Å². The van der Waals surface area contributed by atoms with Gasteiger partial charge in [-0.1, -0.05) is 18.7 Å². The third kappa shape index (κ3) is 3.10. The minimum atomic E-state index is -0.672. The molecule has 2 rings (SSSR count). The summed E-state index contributed by atoms with van der Waals surface area (Å²) in [6.07, 6.45) is 4.77. The number of aromatic nitrogens is 1. The zero-order valence-electron chi connectivity index (χ0n) is 12.1. The van der Waals surface area contributed by atoms with Crippen molar-refractivity contribution in [2.75, 3.05) is 6.61 Å². The van der Waals surface area contributed by atoms with Crippen LogP contribution in [-0.2, 0) is 9.53 Å². The number of carbonyl (C=O) groups excluding carboxylic acids is 1. The van der Waals surface area contributed by atoms with Crippen molar-refractivity contribution in [3.05, 3.63) is 53.3 Å². The van der Waals surface area contributed by atoms with Crippen LogP contribution < -0.4 is 0 Å². The molecule has 0 saturated carbocycles. The minimum absolute atomic E-state index is 0.113. The number of hydrogen-bond donors (Lipinski definition) is 1. The molecule has 0 aliphatic carbocycles. The standard InChI is InChI=1S/C16H15N3O2S/c1-3-7-21-16(20)13-10(2)19-15(22)12(8-17)14(13)11-5-4-6-18-9-11/h3-6,9,13-14,22H,1,7H2,2H3/t13?,14-/m1/s1. The third-order valence-corrected chi connectivity index (χ3v) is 3.72. The molecule has 22 heavy (non-hydrogen) atoms. The van der Waals surface area contributed by atoms with E-state index in [2.05, 4.69) is 35.3 Å². The van der Waals surface area contributed by atoms with Crippen LogP contribution in [0.2, 0.25) is 0 Å². The highest BCUT2D eigenvalue weighted by atomic mass is 32.1. The molecule has 1 aromatic heterocycles. The first-order valence-corrected chi connectivity index (χ1v) is 7.10. The van der Waals surface area contributed by atoms with Crippen molar-refractivity contribution in [3.63, 3.8) is 0 Å². The fourth-order valence-corrected chi connectivity index (χ4v) is 2.77. The first-order valence-electron chi connectivity index (χ1n) is 6.66. The Bertz CT molecular complexity index is 689. The summed E-state index contributed by atoms with van der Waals surface area (Å²) in [4.78, 5) is 20.7.